The molecule has 2 rings (SSSR count). The minimum absolute atomic E-state index is 0.128. The number of hydrogen-bond donors (Lipinski definition) is 0. The van der Waals surface area contributed by atoms with Gasteiger partial charge in [0.05, 0.1) is 5.75 Å². The summed E-state index contributed by atoms with van der Waals surface area (Å²) in [5.41, 5.74) is 1.48. The summed E-state index contributed by atoms with van der Waals surface area (Å²) in [6, 6.07) is 4.60. The first-order valence-electron chi connectivity index (χ1n) is 6.19. The highest BCUT2D eigenvalue weighted by Gasteiger charge is 2.32. The summed E-state index contributed by atoms with van der Waals surface area (Å²) in [5, 5.41) is 0. The van der Waals surface area contributed by atoms with Crippen molar-refractivity contribution in [3.8, 4) is 0 Å². The van der Waals surface area contributed by atoms with Crippen molar-refractivity contribution in [2.45, 2.75) is 19.9 Å². The first-order chi connectivity index (χ1) is 9.23. The van der Waals surface area contributed by atoms with Gasteiger partial charge in [-0.2, -0.15) is 0 Å². The highest BCUT2D eigenvalue weighted by Crippen LogP contribution is 2.23. The standard InChI is InChI=1S/C13H15ClFNO3S/c1-9-2-10(4-12(15)3-9)6-16-7-11(5-13(16)17)8-20(14,18)19/h2-4,11H,5-8H2,1H3. The minimum atomic E-state index is -3.61. The van der Waals surface area contributed by atoms with Crippen molar-refractivity contribution in [1.29, 1.82) is 0 Å². The van der Waals surface area contributed by atoms with Crippen molar-refractivity contribution >= 4 is 25.6 Å². The van der Waals surface area contributed by atoms with Gasteiger partial charge in [0.2, 0.25) is 15.0 Å². The first kappa shape index (κ1) is 15.3. The molecule has 7 heteroatoms. The van der Waals surface area contributed by atoms with E-state index in [1.54, 1.807) is 11.8 Å². The highest BCUT2D eigenvalue weighted by atomic mass is 35.7. The molecule has 0 aromatic heterocycles. The van der Waals surface area contributed by atoms with Crippen LogP contribution in [-0.2, 0) is 20.4 Å². The third-order valence-corrected chi connectivity index (χ3v) is 4.45. The van der Waals surface area contributed by atoms with E-state index < -0.39 is 9.05 Å². The van der Waals surface area contributed by atoms with Crippen LogP contribution in [0.15, 0.2) is 18.2 Å². The molecular weight excluding hydrogens is 305 g/mol. The van der Waals surface area contributed by atoms with Crippen molar-refractivity contribution in [2.75, 3.05) is 12.3 Å². The number of halogens is 2. The maximum Gasteiger partial charge on any atom is 0.232 e. The highest BCUT2D eigenvalue weighted by molar-refractivity contribution is 8.13. The summed E-state index contributed by atoms with van der Waals surface area (Å²) < 4.78 is 35.4. The monoisotopic (exact) mass is 319 g/mol. The van der Waals surface area contributed by atoms with E-state index in [1.807, 2.05) is 6.07 Å². The second-order valence-corrected chi connectivity index (χ2v) is 8.01. The van der Waals surface area contributed by atoms with Crippen LogP contribution < -0.4 is 0 Å². The fourth-order valence-electron chi connectivity index (χ4n) is 2.52. The average Bonchev–Trinajstić information content (AvgIpc) is 2.54. The third kappa shape index (κ3) is 4.18. The molecule has 4 nitrogen and oxygen atoms in total. The Morgan fingerprint density at radius 1 is 1.40 bits per heavy atom. The summed E-state index contributed by atoms with van der Waals surface area (Å²) >= 11 is 0. The van der Waals surface area contributed by atoms with Crippen LogP contribution in [-0.4, -0.2) is 31.5 Å². The Morgan fingerprint density at radius 2 is 2.10 bits per heavy atom. The number of benzene rings is 1. The van der Waals surface area contributed by atoms with Crippen molar-refractivity contribution in [2.24, 2.45) is 5.92 Å². The minimum Gasteiger partial charge on any atom is -0.338 e. The van der Waals surface area contributed by atoms with Crippen LogP contribution >= 0.6 is 10.7 Å². The van der Waals surface area contributed by atoms with Gasteiger partial charge in [0.1, 0.15) is 5.82 Å². The van der Waals surface area contributed by atoms with Crippen LogP contribution in [0.3, 0.4) is 0 Å². The van der Waals surface area contributed by atoms with Crippen molar-refractivity contribution < 1.29 is 17.6 Å². The molecule has 0 aliphatic carbocycles. The van der Waals surface area contributed by atoms with E-state index in [4.69, 9.17) is 10.7 Å². The number of likely N-dealkylation sites (tertiary alicyclic amines) is 1. The second-order valence-electron chi connectivity index (χ2n) is 5.19. The molecule has 1 aliphatic heterocycles. The Balaban J connectivity index is 2.05. The summed E-state index contributed by atoms with van der Waals surface area (Å²) in [6.07, 6.45) is 0.167. The van der Waals surface area contributed by atoms with Gasteiger partial charge in [-0.1, -0.05) is 6.07 Å². The molecule has 1 unspecified atom stereocenters. The largest absolute Gasteiger partial charge is 0.338 e. The molecule has 0 radical (unpaired) electrons. The zero-order valence-electron chi connectivity index (χ0n) is 11.0. The fourth-order valence-corrected chi connectivity index (χ4v) is 3.84. The van der Waals surface area contributed by atoms with Gasteiger partial charge in [-0.3, -0.25) is 4.79 Å². The lowest BCUT2D eigenvalue weighted by atomic mass is 10.1. The average molecular weight is 320 g/mol. The predicted molar refractivity (Wildman–Crippen MR) is 74.3 cm³/mol. The number of rotatable bonds is 4. The topological polar surface area (TPSA) is 54.5 Å². The molecular formula is C13H15ClFNO3S. The van der Waals surface area contributed by atoms with E-state index in [-0.39, 0.29) is 36.4 Å². The lowest BCUT2D eigenvalue weighted by Crippen LogP contribution is -2.25. The molecule has 1 aliphatic rings. The number of aryl methyl sites for hydroxylation is 1. The molecule has 0 spiro atoms. The van der Waals surface area contributed by atoms with Gasteiger partial charge in [0.25, 0.3) is 0 Å². The van der Waals surface area contributed by atoms with Gasteiger partial charge < -0.3 is 4.90 Å². The van der Waals surface area contributed by atoms with Crippen LogP contribution in [0.1, 0.15) is 17.5 Å². The maximum atomic E-state index is 13.3. The summed E-state index contributed by atoms with van der Waals surface area (Å²) in [5.74, 6) is -0.970. The zero-order chi connectivity index (χ0) is 14.9. The van der Waals surface area contributed by atoms with Gasteiger partial charge >= 0.3 is 0 Å². The first-order valence-corrected chi connectivity index (χ1v) is 8.67. The van der Waals surface area contributed by atoms with Crippen molar-refractivity contribution in [3.63, 3.8) is 0 Å². The van der Waals surface area contributed by atoms with E-state index in [1.165, 1.54) is 12.1 Å². The van der Waals surface area contributed by atoms with Gasteiger partial charge in [-0.05, 0) is 30.2 Å². The number of nitrogens with zero attached hydrogens (tertiary/aromatic N) is 1. The number of carbonyl (C=O) groups is 1. The van der Waals surface area contributed by atoms with Crippen LogP contribution in [0.2, 0.25) is 0 Å². The molecule has 1 heterocycles. The van der Waals surface area contributed by atoms with E-state index in [9.17, 15) is 17.6 Å². The smallest absolute Gasteiger partial charge is 0.232 e. The molecule has 1 amide bonds. The molecule has 1 saturated heterocycles. The van der Waals surface area contributed by atoms with Crippen molar-refractivity contribution in [1.82, 2.24) is 4.90 Å². The molecule has 1 fully saturated rings. The van der Waals surface area contributed by atoms with Crippen molar-refractivity contribution in [3.05, 3.63) is 35.1 Å². The third-order valence-electron chi connectivity index (χ3n) is 3.20. The Labute approximate surface area is 121 Å². The van der Waals surface area contributed by atoms with Gasteiger partial charge in [-0.15, -0.1) is 0 Å². The molecule has 20 heavy (non-hydrogen) atoms. The second kappa shape index (κ2) is 5.69. The molecule has 1 atom stereocenters. The van der Waals surface area contributed by atoms with Crippen LogP contribution in [0.4, 0.5) is 4.39 Å². The number of hydrogen-bond acceptors (Lipinski definition) is 3. The Hall–Kier alpha value is -1.14. The van der Waals surface area contributed by atoms with Crippen LogP contribution in [0.5, 0.6) is 0 Å². The quantitative estimate of drug-likeness (QED) is 0.798. The van der Waals surface area contributed by atoms with Gasteiger partial charge in [0.15, 0.2) is 0 Å². The Bertz CT molecular complexity index is 612. The Kier molecular flexibility index (Phi) is 4.34. The van der Waals surface area contributed by atoms with E-state index in [0.717, 1.165) is 5.56 Å². The fraction of sp³-hybridized carbons (Fsp3) is 0.462. The van der Waals surface area contributed by atoms with Crippen LogP contribution in [0.25, 0.3) is 0 Å². The SMILES string of the molecule is Cc1cc(F)cc(CN2CC(CS(=O)(=O)Cl)CC2=O)c1. The number of carbonyl (C=O) groups excluding carboxylic acids is 1. The number of amides is 1. The van der Waals surface area contributed by atoms with E-state index in [0.29, 0.717) is 12.1 Å². The molecule has 1 aromatic carbocycles. The summed E-state index contributed by atoms with van der Waals surface area (Å²) in [6.45, 7) is 2.40. The normalized spacial score (nSPS) is 19.6. The van der Waals surface area contributed by atoms with E-state index >= 15 is 0 Å². The lowest BCUT2D eigenvalue weighted by Gasteiger charge is -2.17. The lowest BCUT2D eigenvalue weighted by molar-refractivity contribution is -0.128. The molecule has 0 N–H and O–H groups in total. The zero-order valence-corrected chi connectivity index (χ0v) is 12.5. The molecule has 0 saturated carbocycles. The van der Waals surface area contributed by atoms with Gasteiger partial charge in [-0.25, -0.2) is 12.8 Å². The predicted octanol–water partition coefficient (Wildman–Crippen LogP) is 2.05. The summed E-state index contributed by atoms with van der Waals surface area (Å²) in [4.78, 5) is 13.4. The van der Waals surface area contributed by atoms with E-state index in [2.05, 4.69) is 0 Å². The molecule has 110 valence electrons. The maximum absolute atomic E-state index is 13.3. The molecule has 0 bridgehead atoms. The van der Waals surface area contributed by atoms with Crippen LogP contribution in [0, 0.1) is 18.7 Å². The molecule has 1 aromatic rings. The Morgan fingerprint density at radius 3 is 2.70 bits per heavy atom. The van der Waals surface area contributed by atoms with Gasteiger partial charge in [0, 0.05) is 36.1 Å². The summed E-state index contributed by atoms with van der Waals surface area (Å²) in [7, 11) is 1.60.